The Morgan fingerprint density at radius 3 is 2.68 bits per heavy atom. The summed E-state index contributed by atoms with van der Waals surface area (Å²) in [5, 5.41) is 22.4. The number of carbonyl (C=O) groups is 1. The van der Waals surface area contributed by atoms with Crippen LogP contribution in [-0.4, -0.2) is 29.1 Å². The summed E-state index contributed by atoms with van der Waals surface area (Å²) in [7, 11) is 0. The molecular formula is C11H11F2N3O3. The van der Waals surface area contributed by atoms with Gasteiger partial charge in [0.1, 0.15) is 17.7 Å². The fraction of sp³-hybridized carbons (Fsp3) is 0.364. The second-order valence-electron chi connectivity index (χ2n) is 3.74. The van der Waals surface area contributed by atoms with Crippen LogP contribution in [0.1, 0.15) is 28.4 Å². The zero-order chi connectivity index (χ0) is 14.4. The summed E-state index contributed by atoms with van der Waals surface area (Å²) in [5.74, 6) is -2.27. The Balaban J connectivity index is 2.96. The predicted octanol–water partition coefficient (Wildman–Crippen LogP) is 1.87. The number of hydrogen-bond acceptors (Lipinski definition) is 4. The average molecular weight is 271 g/mol. The van der Waals surface area contributed by atoms with E-state index in [9.17, 15) is 23.8 Å². The fourth-order valence-electron chi connectivity index (χ4n) is 1.52. The van der Waals surface area contributed by atoms with E-state index in [0.29, 0.717) is 0 Å². The van der Waals surface area contributed by atoms with Crippen molar-refractivity contribution in [3.63, 3.8) is 0 Å². The minimum Gasteiger partial charge on any atom is -0.390 e. The lowest BCUT2D eigenvalue weighted by molar-refractivity contribution is 0.0129. The lowest BCUT2D eigenvalue weighted by Gasteiger charge is -2.18. The summed E-state index contributed by atoms with van der Waals surface area (Å²) in [6, 6.07) is 1.77. The largest absolute Gasteiger partial charge is 0.390 e. The number of carbonyl (C=O) groups excluding carboxylic acids is 1. The van der Waals surface area contributed by atoms with Crippen LogP contribution in [0.2, 0.25) is 0 Å². The van der Waals surface area contributed by atoms with Crippen molar-refractivity contribution in [2.45, 2.75) is 18.6 Å². The summed E-state index contributed by atoms with van der Waals surface area (Å²) in [6.07, 6.45) is -3.15. The highest BCUT2D eigenvalue weighted by atomic mass is 19.1. The summed E-state index contributed by atoms with van der Waals surface area (Å²) in [4.78, 5) is 13.0. The van der Waals surface area contributed by atoms with Crippen LogP contribution < -0.4 is 0 Å². The Hall–Kier alpha value is -2.02. The first-order valence-corrected chi connectivity index (χ1v) is 5.33. The van der Waals surface area contributed by atoms with Crippen LogP contribution in [0.4, 0.5) is 8.78 Å². The van der Waals surface area contributed by atoms with E-state index in [1.807, 2.05) is 0 Å². The molecule has 0 bridgehead atoms. The number of aldehydes is 1. The van der Waals surface area contributed by atoms with Crippen LogP contribution >= 0.6 is 0 Å². The van der Waals surface area contributed by atoms with Crippen LogP contribution in [0.3, 0.4) is 0 Å². The zero-order valence-corrected chi connectivity index (χ0v) is 9.70. The molecule has 0 saturated carbocycles. The van der Waals surface area contributed by atoms with Gasteiger partial charge in [-0.3, -0.25) is 4.79 Å². The first kappa shape index (κ1) is 15.0. The van der Waals surface area contributed by atoms with Crippen molar-refractivity contribution in [3.05, 3.63) is 45.3 Å². The number of benzene rings is 1. The molecule has 1 aromatic carbocycles. The van der Waals surface area contributed by atoms with Gasteiger partial charge >= 0.3 is 0 Å². The summed E-state index contributed by atoms with van der Waals surface area (Å²) < 4.78 is 26.8. The highest BCUT2D eigenvalue weighted by Crippen LogP contribution is 2.25. The third-order valence-corrected chi connectivity index (χ3v) is 2.55. The topological polar surface area (TPSA) is 106 Å². The van der Waals surface area contributed by atoms with Crippen molar-refractivity contribution >= 4 is 6.29 Å². The zero-order valence-electron chi connectivity index (χ0n) is 9.70. The molecule has 0 aliphatic rings. The fourth-order valence-corrected chi connectivity index (χ4v) is 1.52. The number of azide groups is 1. The van der Waals surface area contributed by atoms with Gasteiger partial charge in [-0.05, 0) is 18.0 Å². The van der Waals surface area contributed by atoms with E-state index in [-0.39, 0.29) is 19.3 Å². The van der Waals surface area contributed by atoms with Gasteiger partial charge in [-0.1, -0.05) is 11.2 Å². The highest BCUT2D eigenvalue weighted by Gasteiger charge is 2.24. The molecule has 0 fully saturated rings. The van der Waals surface area contributed by atoms with Gasteiger partial charge in [-0.25, -0.2) is 8.78 Å². The smallest absolute Gasteiger partial charge is 0.155 e. The van der Waals surface area contributed by atoms with Gasteiger partial charge in [0.2, 0.25) is 0 Å². The lowest BCUT2D eigenvalue weighted by atomic mass is 9.99. The van der Waals surface area contributed by atoms with Gasteiger partial charge in [-0.15, -0.1) is 0 Å². The van der Waals surface area contributed by atoms with Crippen LogP contribution in [0.5, 0.6) is 0 Å². The third kappa shape index (κ3) is 3.47. The quantitative estimate of drug-likeness (QED) is 0.357. The Bertz CT molecular complexity index is 518. The number of rotatable bonds is 6. The van der Waals surface area contributed by atoms with E-state index < -0.39 is 35.0 Å². The molecule has 0 spiro atoms. The number of aliphatic hydroxyl groups is 2. The molecule has 0 radical (unpaired) electrons. The second-order valence-corrected chi connectivity index (χ2v) is 3.74. The molecule has 102 valence electrons. The molecule has 0 saturated heterocycles. The molecule has 2 atom stereocenters. The van der Waals surface area contributed by atoms with E-state index >= 15 is 0 Å². The van der Waals surface area contributed by atoms with E-state index in [2.05, 4.69) is 10.0 Å². The minimum atomic E-state index is -1.65. The number of aliphatic hydroxyl groups excluding tert-OH is 2. The van der Waals surface area contributed by atoms with Gasteiger partial charge in [0, 0.05) is 17.0 Å². The van der Waals surface area contributed by atoms with Crippen molar-refractivity contribution in [1.82, 2.24) is 0 Å². The summed E-state index contributed by atoms with van der Waals surface area (Å²) in [5.41, 5.74) is 6.85. The molecule has 6 nitrogen and oxygen atoms in total. The first-order valence-electron chi connectivity index (χ1n) is 5.33. The molecule has 0 aromatic heterocycles. The van der Waals surface area contributed by atoms with Gasteiger partial charge in [0.15, 0.2) is 6.29 Å². The van der Waals surface area contributed by atoms with Crippen LogP contribution in [-0.2, 0) is 0 Å². The molecule has 0 amide bonds. The molecule has 8 heteroatoms. The number of nitrogens with zero attached hydrogens (tertiary/aromatic N) is 3. The molecule has 0 aliphatic heterocycles. The molecule has 0 aliphatic carbocycles. The van der Waals surface area contributed by atoms with E-state index in [1.165, 1.54) is 0 Å². The van der Waals surface area contributed by atoms with Crippen LogP contribution in [0.25, 0.3) is 10.4 Å². The molecular weight excluding hydrogens is 260 g/mol. The number of halogens is 2. The summed E-state index contributed by atoms with van der Waals surface area (Å²) in [6.45, 7) is -0.0852. The van der Waals surface area contributed by atoms with Gasteiger partial charge in [0.05, 0.1) is 11.7 Å². The monoisotopic (exact) mass is 271 g/mol. The van der Waals surface area contributed by atoms with E-state index in [0.717, 1.165) is 12.1 Å². The SMILES string of the molecule is [N-]=[N+]=NCCC(O)C(O)c1ccc(F)c(C=O)c1F. The number of hydrogen-bond donors (Lipinski definition) is 2. The predicted molar refractivity (Wildman–Crippen MR) is 61.3 cm³/mol. The Labute approximate surface area is 106 Å². The second kappa shape index (κ2) is 6.79. The maximum atomic E-state index is 13.7. The standard InChI is InChI=1S/C11H11F2N3O3/c12-8-2-1-6(10(13)7(8)5-17)11(19)9(18)3-4-15-16-14/h1-2,5,9,11,18-19H,3-4H2. The van der Waals surface area contributed by atoms with Crippen molar-refractivity contribution in [1.29, 1.82) is 0 Å². The summed E-state index contributed by atoms with van der Waals surface area (Å²) >= 11 is 0. The molecule has 1 rings (SSSR count). The third-order valence-electron chi connectivity index (χ3n) is 2.55. The molecule has 19 heavy (non-hydrogen) atoms. The Kier molecular flexibility index (Phi) is 5.37. The molecule has 1 aromatic rings. The maximum Gasteiger partial charge on any atom is 0.155 e. The normalized spacial score (nSPS) is 13.5. The molecule has 0 heterocycles. The molecule has 2 N–H and O–H groups in total. The van der Waals surface area contributed by atoms with Gasteiger partial charge in [0.25, 0.3) is 0 Å². The average Bonchev–Trinajstić information content (AvgIpc) is 2.39. The van der Waals surface area contributed by atoms with Gasteiger partial charge < -0.3 is 10.2 Å². The van der Waals surface area contributed by atoms with E-state index in [4.69, 9.17) is 5.53 Å². The van der Waals surface area contributed by atoms with E-state index in [1.54, 1.807) is 0 Å². The van der Waals surface area contributed by atoms with Crippen LogP contribution in [0.15, 0.2) is 17.2 Å². The van der Waals surface area contributed by atoms with Crippen molar-refractivity contribution in [2.24, 2.45) is 5.11 Å². The maximum absolute atomic E-state index is 13.7. The van der Waals surface area contributed by atoms with Crippen LogP contribution in [0, 0.1) is 11.6 Å². The van der Waals surface area contributed by atoms with Gasteiger partial charge in [-0.2, -0.15) is 0 Å². The van der Waals surface area contributed by atoms with Crippen molar-refractivity contribution in [2.75, 3.05) is 6.54 Å². The highest BCUT2D eigenvalue weighted by molar-refractivity contribution is 5.76. The first-order chi connectivity index (χ1) is 9.02. The molecule has 2 unspecified atom stereocenters. The van der Waals surface area contributed by atoms with Crippen molar-refractivity contribution < 1.29 is 23.8 Å². The Morgan fingerprint density at radius 2 is 2.11 bits per heavy atom. The lowest BCUT2D eigenvalue weighted by Crippen LogP contribution is -2.21. The minimum absolute atomic E-state index is 0.00670. The van der Waals surface area contributed by atoms with Crippen molar-refractivity contribution in [3.8, 4) is 0 Å². The Morgan fingerprint density at radius 1 is 1.42 bits per heavy atom.